The Morgan fingerprint density at radius 2 is 2.00 bits per heavy atom. The molecule has 0 bridgehead atoms. The molecule has 1 saturated heterocycles. The third kappa shape index (κ3) is 3.17. The maximum Gasteiger partial charge on any atom is 0.239 e. The van der Waals surface area contributed by atoms with Crippen molar-refractivity contribution < 1.29 is 9.18 Å². The molecule has 1 aliphatic heterocycles. The van der Waals surface area contributed by atoms with Crippen molar-refractivity contribution in [1.29, 1.82) is 0 Å². The summed E-state index contributed by atoms with van der Waals surface area (Å²) in [7, 11) is 0. The van der Waals surface area contributed by atoms with E-state index >= 15 is 0 Å². The molecular formula is C21H27FN4O2. The first-order valence-corrected chi connectivity index (χ1v) is 9.94. The zero-order valence-corrected chi connectivity index (χ0v) is 16.6. The Labute approximate surface area is 163 Å². The summed E-state index contributed by atoms with van der Waals surface area (Å²) in [6.45, 7) is 6.98. The molecule has 1 amide bonds. The summed E-state index contributed by atoms with van der Waals surface area (Å²) in [5.74, 6) is -0.471. The van der Waals surface area contributed by atoms with Crippen molar-refractivity contribution in [1.82, 2.24) is 9.47 Å². The Kier molecular flexibility index (Phi) is 4.65. The van der Waals surface area contributed by atoms with E-state index in [2.05, 4.69) is 4.57 Å². The number of aromatic nitrogens is 1. The normalized spacial score (nSPS) is 21.2. The van der Waals surface area contributed by atoms with Crippen LogP contribution in [0, 0.1) is 12.7 Å². The van der Waals surface area contributed by atoms with Crippen LogP contribution in [0.3, 0.4) is 0 Å². The smallest absolute Gasteiger partial charge is 0.239 e. The molecule has 0 spiro atoms. The number of rotatable bonds is 3. The van der Waals surface area contributed by atoms with Gasteiger partial charge in [0.2, 0.25) is 5.91 Å². The summed E-state index contributed by atoms with van der Waals surface area (Å²) < 4.78 is 17.1. The molecule has 150 valence electrons. The first kappa shape index (κ1) is 18.9. The summed E-state index contributed by atoms with van der Waals surface area (Å²) in [5, 5.41) is 0.437. The molecule has 2 N–H and O–H groups in total. The Morgan fingerprint density at radius 3 is 2.61 bits per heavy atom. The van der Waals surface area contributed by atoms with E-state index in [1.165, 1.54) is 6.07 Å². The number of halogens is 1. The number of aryl methyl sites for hydroxylation is 1. The van der Waals surface area contributed by atoms with Gasteiger partial charge in [-0.1, -0.05) is 0 Å². The van der Waals surface area contributed by atoms with Crippen molar-refractivity contribution in [2.24, 2.45) is 5.73 Å². The zero-order chi connectivity index (χ0) is 20.2. The van der Waals surface area contributed by atoms with Gasteiger partial charge in [0, 0.05) is 48.9 Å². The lowest BCUT2D eigenvalue weighted by atomic mass is 10.1. The van der Waals surface area contributed by atoms with Gasteiger partial charge in [-0.3, -0.25) is 9.59 Å². The van der Waals surface area contributed by atoms with Crippen molar-refractivity contribution in [2.45, 2.75) is 51.7 Å². The number of amides is 1. The first-order chi connectivity index (χ1) is 13.3. The van der Waals surface area contributed by atoms with E-state index < -0.39 is 11.9 Å². The fourth-order valence-corrected chi connectivity index (χ4v) is 4.16. The number of piperazine rings is 1. The molecule has 1 aromatic heterocycles. The van der Waals surface area contributed by atoms with Gasteiger partial charge in [0.25, 0.3) is 0 Å². The van der Waals surface area contributed by atoms with E-state index in [9.17, 15) is 14.0 Å². The lowest BCUT2D eigenvalue weighted by Gasteiger charge is -2.41. The molecule has 0 radical (unpaired) electrons. The van der Waals surface area contributed by atoms with Gasteiger partial charge in [0.1, 0.15) is 5.82 Å². The van der Waals surface area contributed by atoms with Crippen molar-refractivity contribution >= 4 is 22.5 Å². The molecule has 1 saturated carbocycles. The number of hydrogen-bond acceptors (Lipinski definition) is 4. The van der Waals surface area contributed by atoms with E-state index in [4.69, 9.17) is 5.73 Å². The Hall–Kier alpha value is -2.41. The molecule has 2 heterocycles. The number of fused-ring (bicyclic) bond motifs is 1. The van der Waals surface area contributed by atoms with Crippen molar-refractivity contribution in [3.63, 3.8) is 0 Å². The highest BCUT2D eigenvalue weighted by Gasteiger charge is 2.31. The van der Waals surface area contributed by atoms with Crippen molar-refractivity contribution in [3.8, 4) is 0 Å². The van der Waals surface area contributed by atoms with Crippen molar-refractivity contribution in [3.05, 3.63) is 39.9 Å². The Bertz CT molecular complexity index is 996. The van der Waals surface area contributed by atoms with E-state index in [1.807, 2.05) is 18.0 Å². The number of pyridine rings is 1. The average molecular weight is 386 g/mol. The van der Waals surface area contributed by atoms with Crippen LogP contribution in [-0.2, 0) is 4.79 Å². The fourth-order valence-electron chi connectivity index (χ4n) is 4.16. The minimum absolute atomic E-state index is 0.0639. The van der Waals surface area contributed by atoms with Crippen LogP contribution < -0.4 is 16.1 Å². The van der Waals surface area contributed by atoms with Gasteiger partial charge < -0.3 is 20.1 Å². The molecule has 2 atom stereocenters. The zero-order valence-electron chi connectivity index (χ0n) is 16.6. The van der Waals surface area contributed by atoms with Crippen LogP contribution in [-0.4, -0.2) is 47.1 Å². The lowest BCUT2D eigenvalue weighted by molar-refractivity contribution is -0.134. The van der Waals surface area contributed by atoms with E-state index in [0.717, 1.165) is 18.4 Å². The lowest BCUT2D eigenvalue weighted by Crippen LogP contribution is -2.57. The molecule has 2 aromatic rings. The van der Waals surface area contributed by atoms with Gasteiger partial charge >= 0.3 is 0 Å². The monoisotopic (exact) mass is 386 g/mol. The van der Waals surface area contributed by atoms with E-state index in [0.29, 0.717) is 42.3 Å². The standard InChI is InChI=1S/C21H27FN4O2/c1-12-10-26(15-4-5-15)18-9-19(17(22)8-16(18)20(12)27)24-6-7-25(13(2)11-24)21(28)14(3)23/h8-10,13-15H,4-7,11,23H2,1-3H3. The summed E-state index contributed by atoms with van der Waals surface area (Å²) >= 11 is 0. The third-order valence-electron chi connectivity index (χ3n) is 5.86. The molecule has 2 aliphatic rings. The molecule has 6 nitrogen and oxygen atoms in total. The molecule has 4 rings (SSSR count). The topological polar surface area (TPSA) is 71.6 Å². The number of benzene rings is 1. The minimum atomic E-state index is -0.539. The molecular weight excluding hydrogens is 359 g/mol. The second-order valence-corrected chi connectivity index (χ2v) is 8.22. The number of anilines is 1. The van der Waals surface area contributed by atoms with Gasteiger partial charge in [-0.25, -0.2) is 4.39 Å². The van der Waals surface area contributed by atoms with Crippen LogP contribution in [0.2, 0.25) is 0 Å². The van der Waals surface area contributed by atoms with Crippen LogP contribution in [0.4, 0.5) is 10.1 Å². The summed E-state index contributed by atoms with van der Waals surface area (Å²) in [6.07, 6.45) is 4.06. The molecule has 7 heteroatoms. The highest BCUT2D eigenvalue weighted by Crippen LogP contribution is 2.38. The maximum atomic E-state index is 15.0. The number of hydrogen-bond donors (Lipinski definition) is 1. The number of nitrogens with two attached hydrogens (primary N) is 1. The van der Waals surface area contributed by atoms with E-state index in [1.54, 1.807) is 24.8 Å². The van der Waals surface area contributed by atoms with Gasteiger partial charge in [-0.15, -0.1) is 0 Å². The van der Waals surface area contributed by atoms with E-state index in [-0.39, 0.29) is 17.4 Å². The Balaban J connectivity index is 1.71. The molecule has 2 fully saturated rings. The van der Waals surface area contributed by atoms with Crippen molar-refractivity contribution in [2.75, 3.05) is 24.5 Å². The van der Waals surface area contributed by atoms with Gasteiger partial charge in [-0.2, -0.15) is 0 Å². The van der Waals surface area contributed by atoms with Crippen LogP contribution in [0.5, 0.6) is 0 Å². The Morgan fingerprint density at radius 1 is 1.29 bits per heavy atom. The third-order valence-corrected chi connectivity index (χ3v) is 5.86. The quantitative estimate of drug-likeness (QED) is 0.878. The van der Waals surface area contributed by atoms with Crippen LogP contribution in [0.15, 0.2) is 23.1 Å². The predicted octanol–water partition coefficient (Wildman–Crippen LogP) is 2.17. The van der Waals surface area contributed by atoms with Crippen LogP contribution in [0.1, 0.15) is 38.3 Å². The highest BCUT2D eigenvalue weighted by molar-refractivity contribution is 5.84. The van der Waals surface area contributed by atoms with Gasteiger partial charge in [0.05, 0.1) is 17.2 Å². The number of carbonyl (C=O) groups is 1. The molecule has 1 aromatic carbocycles. The van der Waals surface area contributed by atoms with Gasteiger partial charge in [0.15, 0.2) is 5.43 Å². The minimum Gasteiger partial charge on any atom is -0.365 e. The SMILES string of the molecule is Cc1cn(C2CC2)c2cc(N3CCN(C(=O)C(C)N)C(C)C3)c(F)cc2c1=O. The molecule has 1 aliphatic carbocycles. The number of carbonyl (C=O) groups excluding carboxylic acids is 1. The fraction of sp³-hybridized carbons (Fsp3) is 0.524. The first-order valence-electron chi connectivity index (χ1n) is 9.94. The average Bonchev–Trinajstić information content (AvgIpc) is 3.49. The maximum absolute atomic E-state index is 15.0. The molecule has 2 unspecified atom stereocenters. The summed E-state index contributed by atoms with van der Waals surface area (Å²) in [4.78, 5) is 28.5. The second-order valence-electron chi connectivity index (χ2n) is 8.22. The number of nitrogens with zero attached hydrogens (tertiary/aromatic N) is 3. The highest BCUT2D eigenvalue weighted by atomic mass is 19.1. The summed E-state index contributed by atoms with van der Waals surface area (Å²) in [6, 6.07) is 2.97. The molecule has 28 heavy (non-hydrogen) atoms. The second kappa shape index (κ2) is 6.88. The van der Waals surface area contributed by atoms with Gasteiger partial charge in [-0.05, 0) is 45.7 Å². The van der Waals surface area contributed by atoms with Crippen LogP contribution >= 0.6 is 0 Å². The predicted molar refractivity (Wildman–Crippen MR) is 108 cm³/mol. The largest absolute Gasteiger partial charge is 0.365 e. The summed E-state index contributed by atoms with van der Waals surface area (Å²) in [5.41, 5.74) is 7.55. The van der Waals surface area contributed by atoms with Crippen LogP contribution in [0.25, 0.3) is 10.9 Å².